The average Bonchev–Trinajstić information content (AvgIpc) is 3.33. The average molecular weight is 380 g/mol. The number of carboxylic acid groups (broad SMARTS) is 2. The van der Waals surface area contributed by atoms with Gasteiger partial charge in [0.1, 0.15) is 0 Å². The van der Waals surface area contributed by atoms with Gasteiger partial charge in [0.05, 0.1) is 24.9 Å². The first kappa shape index (κ1) is 20.5. The minimum atomic E-state index is -1.26. The topological polar surface area (TPSA) is 121 Å². The zero-order valence-corrected chi connectivity index (χ0v) is 15.3. The molecule has 144 valence electrons. The van der Waals surface area contributed by atoms with Crippen molar-refractivity contribution < 1.29 is 19.8 Å². The number of aromatic nitrogens is 3. The molecule has 1 unspecified atom stereocenters. The van der Waals surface area contributed by atoms with Crippen molar-refractivity contribution in [3.63, 3.8) is 0 Å². The van der Waals surface area contributed by atoms with Gasteiger partial charge in [-0.05, 0) is 13.0 Å². The maximum atomic E-state index is 9.55. The summed E-state index contributed by atoms with van der Waals surface area (Å²) in [6.07, 6.45) is 9.42. The zero-order chi connectivity index (χ0) is 20.5. The van der Waals surface area contributed by atoms with Gasteiger partial charge >= 0.3 is 11.9 Å². The number of benzene rings is 1. The molecule has 3 aromatic rings. The standard InChI is InChI=1S/C16H16N4.C4H4O4/c1-13(20-10-8-18-12-20)15-11-19(9-4-7-17)16-6-3-2-5-14(15)16;5-3(6)1-2-4(7)8/h2-3,5-6,8,10-13H,4,9H2,1H3;1-2H,(H,5,6)(H,7,8). The summed E-state index contributed by atoms with van der Waals surface area (Å²) in [5.41, 5.74) is 2.45. The number of fused-ring (bicyclic) bond motifs is 1. The van der Waals surface area contributed by atoms with E-state index in [0.29, 0.717) is 18.6 Å². The summed E-state index contributed by atoms with van der Waals surface area (Å²) in [5.74, 6) is -2.51. The van der Waals surface area contributed by atoms with Crippen LogP contribution >= 0.6 is 0 Å². The molecule has 8 nitrogen and oxygen atoms in total. The van der Waals surface area contributed by atoms with Gasteiger partial charge in [0, 0.05) is 53.8 Å². The quantitative estimate of drug-likeness (QED) is 0.634. The van der Waals surface area contributed by atoms with Gasteiger partial charge in [-0.2, -0.15) is 5.26 Å². The summed E-state index contributed by atoms with van der Waals surface area (Å²) in [4.78, 5) is 23.2. The molecule has 0 saturated carbocycles. The van der Waals surface area contributed by atoms with Crippen LogP contribution in [0.25, 0.3) is 10.9 Å². The van der Waals surface area contributed by atoms with E-state index in [9.17, 15) is 9.59 Å². The fourth-order valence-corrected chi connectivity index (χ4v) is 2.77. The molecule has 3 rings (SSSR count). The molecule has 28 heavy (non-hydrogen) atoms. The highest BCUT2D eigenvalue weighted by Crippen LogP contribution is 2.28. The van der Waals surface area contributed by atoms with Crippen molar-refractivity contribution in [2.24, 2.45) is 0 Å². The van der Waals surface area contributed by atoms with Gasteiger partial charge in [-0.1, -0.05) is 18.2 Å². The SMILES string of the molecule is CC(c1cn(CCC#N)c2ccccc12)n1ccnc1.O=C(O)C=CC(=O)O. The molecule has 1 aromatic carbocycles. The van der Waals surface area contributed by atoms with Crippen molar-refractivity contribution in [3.8, 4) is 6.07 Å². The molecule has 2 heterocycles. The van der Waals surface area contributed by atoms with Crippen LogP contribution in [0.1, 0.15) is 24.9 Å². The third kappa shape index (κ3) is 5.32. The van der Waals surface area contributed by atoms with Crippen molar-refractivity contribution in [1.29, 1.82) is 5.26 Å². The van der Waals surface area contributed by atoms with E-state index in [1.807, 2.05) is 18.6 Å². The lowest BCUT2D eigenvalue weighted by Crippen LogP contribution is -2.03. The number of imidazole rings is 1. The Morgan fingerprint density at radius 3 is 2.50 bits per heavy atom. The lowest BCUT2D eigenvalue weighted by molar-refractivity contribution is -0.134. The normalized spacial score (nSPS) is 11.6. The van der Waals surface area contributed by atoms with Gasteiger partial charge in [-0.25, -0.2) is 14.6 Å². The van der Waals surface area contributed by atoms with Crippen molar-refractivity contribution in [1.82, 2.24) is 14.1 Å². The van der Waals surface area contributed by atoms with E-state index in [1.54, 1.807) is 6.20 Å². The summed E-state index contributed by atoms with van der Waals surface area (Å²) in [5, 5.41) is 25.7. The highest BCUT2D eigenvalue weighted by atomic mass is 16.4. The van der Waals surface area contributed by atoms with Gasteiger partial charge < -0.3 is 19.3 Å². The van der Waals surface area contributed by atoms with Crippen molar-refractivity contribution in [2.45, 2.75) is 25.9 Å². The zero-order valence-electron chi connectivity index (χ0n) is 15.3. The maximum absolute atomic E-state index is 9.55. The minimum Gasteiger partial charge on any atom is -0.478 e. The van der Waals surface area contributed by atoms with Gasteiger partial charge in [0.15, 0.2) is 0 Å². The predicted molar refractivity (Wildman–Crippen MR) is 103 cm³/mol. The fourth-order valence-electron chi connectivity index (χ4n) is 2.77. The van der Waals surface area contributed by atoms with Crippen LogP contribution in [-0.4, -0.2) is 36.3 Å². The minimum absolute atomic E-state index is 0.228. The Kier molecular flexibility index (Phi) is 7.11. The van der Waals surface area contributed by atoms with Crippen LogP contribution in [0.15, 0.2) is 61.3 Å². The number of nitrogens with zero attached hydrogens (tertiary/aromatic N) is 4. The molecular weight excluding hydrogens is 360 g/mol. The molecule has 0 radical (unpaired) electrons. The third-order valence-corrected chi connectivity index (χ3v) is 4.07. The molecule has 0 aliphatic carbocycles. The number of aliphatic carboxylic acids is 2. The van der Waals surface area contributed by atoms with E-state index in [1.165, 1.54) is 16.5 Å². The number of para-hydroxylation sites is 1. The van der Waals surface area contributed by atoms with Gasteiger partial charge in [0.2, 0.25) is 0 Å². The summed E-state index contributed by atoms with van der Waals surface area (Å²) in [6.45, 7) is 2.89. The van der Waals surface area contributed by atoms with Gasteiger partial charge in [-0.15, -0.1) is 0 Å². The first-order chi connectivity index (χ1) is 13.4. The van der Waals surface area contributed by atoms with Crippen molar-refractivity contribution in [2.75, 3.05) is 0 Å². The van der Waals surface area contributed by atoms with Gasteiger partial charge in [-0.3, -0.25) is 0 Å². The first-order valence-corrected chi connectivity index (χ1v) is 8.50. The molecule has 0 aliphatic heterocycles. The molecule has 0 fully saturated rings. The molecule has 1 atom stereocenters. The molecular formula is C20H20N4O4. The molecule has 0 aliphatic rings. The Bertz CT molecular complexity index is 997. The Morgan fingerprint density at radius 2 is 1.93 bits per heavy atom. The summed E-state index contributed by atoms with van der Waals surface area (Å²) in [7, 11) is 0. The van der Waals surface area contributed by atoms with Crippen LogP contribution in [-0.2, 0) is 16.1 Å². The smallest absolute Gasteiger partial charge is 0.328 e. The van der Waals surface area contributed by atoms with Crippen LogP contribution in [0.3, 0.4) is 0 Å². The number of rotatable bonds is 6. The van der Waals surface area contributed by atoms with Crippen molar-refractivity contribution >= 4 is 22.8 Å². The Balaban J connectivity index is 0.000000300. The van der Waals surface area contributed by atoms with E-state index in [2.05, 4.69) is 51.5 Å². The second-order valence-electron chi connectivity index (χ2n) is 5.90. The fraction of sp³-hybridized carbons (Fsp3) is 0.200. The van der Waals surface area contributed by atoms with Crippen molar-refractivity contribution in [3.05, 3.63) is 66.9 Å². The summed E-state index contributed by atoms with van der Waals surface area (Å²) < 4.78 is 4.26. The first-order valence-electron chi connectivity index (χ1n) is 8.50. The molecule has 0 saturated heterocycles. The maximum Gasteiger partial charge on any atom is 0.328 e. The second-order valence-corrected chi connectivity index (χ2v) is 5.90. The Hall–Kier alpha value is -3.86. The third-order valence-electron chi connectivity index (χ3n) is 4.07. The summed E-state index contributed by atoms with van der Waals surface area (Å²) >= 11 is 0. The number of aryl methyl sites for hydroxylation is 1. The largest absolute Gasteiger partial charge is 0.478 e. The number of hydrogen-bond donors (Lipinski definition) is 2. The second kappa shape index (κ2) is 9.73. The van der Waals surface area contributed by atoms with Crippen LogP contribution in [0.2, 0.25) is 0 Å². The molecule has 2 aromatic heterocycles. The molecule has 0 amide bonds. The lowest BCUT2D eigenvalue weighted by atomic mass is 10.1. The Morgan fingerprint density at radius 1 is 1.25 bits per heavy atom. The molecule has 0 spiro atoms. The number of nitriles is 1. The van der Waals surface area contributed by atoms with Crippen LogP contribution < -0.4 is 0 Å². The van der Waals surface area contributed by atoms with E-state index < -0.39 is 11.9 Å². The molecule has 2 N–H and O–H groups in total. The Labute approximate surface area is 161 Å². The van der Waals surface area contributed by atoms with E-state index in [-0.39, 0.29) is 6.04 Å². The number of hydrogen-bond acceptors (Lipinski definition) is 4. The lowest BCUT2D eigenvalue weighted by Gasteiger charge is -2.11. The highest BCUT2D eigenvalue weighted by Gasteiger charge is 2.14. The van der Waals surface area contributed by atoms with Gasteiger partial charge in [0.25, 0.3) is 0 Å². The monoisotopic (exact) mass is 380 g/mol. The predicted octanol–water partition coefficient (Wildman–Crippen LogP) is 3.07. The van der Waals surface area contributed by atoms with E-state index >= 15 is 0 Å². The van der Waals surface area contributed by atoms with E-state index in [4.69, 9.17) is 15.5 Å². The summed E-state index contributed by atoms with van der Waals surface area (Å²) in [6, 6.07) is 10.8. The number of carboxylic acids is 2. The van der Waals surface area contributed by atoms with Crippen LogP contribution in [0.5, 0.6) is 0 Å². The highest BCUT2D eigenvalue weighted by molar-refractivity contribution is 5.89. The van der Waals surface area contributed by atoms with Crippen LogP contribution in [0, 0.1) is 11.3 Å². The number of carbonyl (C=O) groups is 2. The molecule has 8 heteroatoms. The van der Waals surface area contributed by atoms with Crippen LogP contribution in [0.4, 0.5) is 0 Å². The van der Waals surface area contributed by atoms with E-state index in [0.717, 1.165) is 6.54 Å². The molecule has 0 bridgehead atoms.